The van der Waals surface area contributed by atoms with Gasteiger partial charge < -0.3 is 14.4 Å². The zero-order chi connectivity index (χ0) is 46.4. The first-order chi connectivity index (χ1) is 35.2. The Morgan fingerprint density at radius 2 is 1.11 bits per heavy atom. The van der Waals surface area contributed by atoms with E-state index in [4.69, 9.17) is 9.47 Å². The second-order valence-corrected chi connectivity index (χ2v) is 20.4. The van der Waals surface area contributed by atoms with Crippen LogP contribution in [0.4, 0.5) is 17.1 Å². The third kappa shape index (κ3) is 5.18. The van der Waals surface area contributed by atoms with Crippen molar-refractivity contribution in [1.82, 2.24) is 0 Å². The zero-order valence-electron chi connectivity index (χ0n) is 39.1. The molecular formula is C68H47NO2. The molecule has 2 spiro atoms. The van der Waals surface area contributed by atoms with E-state index in [0.717, 1.165) is 60.0 Å². The van der Waals surface area contributed by atoms with E-state index in [9.17, 15) is 0 Å². The molecule has 8 aliphatic rings. The molecule has 1 aliphatic heterocycles. The number of allylic oxidation sites excluding steroid dienone is 12. The van der Waals surface area contributed by atoms with Crippen LogP contribution in [0, 0.1) is 5.92 Å². The van der Waals surface area contributed by atoms with Crippen molar-refractivity contribution in [3.63, 3.8) is 0 Å². The molecule has 0 aromatic heterocycles. The second-order valence-electron chi connectivity index (χ2n) is 20.4. The maximum absolute atomic E-state index is 7.04. The van der Waals surface area contributed by atoms with Gasteiger partial charge in [0, 0.05) is 29.3 Å². The first-order valence-electron chi connectivity index (χ1n) is 25.4. The summed E-state index contributed by atoms with van der Waals surface area (Å²) in [6.07, 6.45) is 20.7. The molecule has 3 nitrogen and oxygen atoms in total. The van der Waals surface area contributed by atoms with Crippen LogP contribution in [0.3, 0.4) is 0 Å². The molecule has 0 radical (unpaired) electrons. The van der Waals surface area contributed by atoms with Gasteiger partial charge in [0.1, 0.15) is 0 Å². The third-order valence-corrected chi connectivity index (χ3v) is 17.3. The number of fused-ring (bicyclic) bond motifs is 20. The minimum atomic E-state index is -0.300. The lowest BCUT2D eigenvalue weighted by atomic mass is 9.64. The van der Waals surface area contributed by atoms with Crippen molar-refractivity contribution in [2.45, 2.75) is 42.4 Å². The van der Waals surface area contributed by atoms with Crippen LogP contribution in [0.25, 0.3) is 27.8 Å². The van der Waals surface area contributed by atoms with Gasteiger partial charge in [-0.1, -0.05) is 170 Å². The average Bonchev–Trinajstić information content (AvgIpc) is 4.11. The van der Waals surface area contributed by atoms with Crippen molar-refractivity contribution in [3.8, 4) is 34.1 Å². The van der Waals surface area contributed by atoms with Gasteiger partial charge in [0.2, 0.25) is 0 Å². The Morgan fingerprint density at radius 3 is 1.92 bits per heavy atom. The number of hydrogen-bond acceptors (Lipinski definition) is 3. The summed E-state index contributed by atoms with van der Waals surface area (Å²) in [6.45, 7) is 0. The summed E-state index contributed by atoms with van der Waals surface area (Å²) < 4.78 is 13.9. The molecule has 71 heavy (non-hydrogen) atoms. The molecule has 0 saturated heterocycles. The first kappa shape index (κ1) is 39.4. The van der Waals surface area contributed by atoms with E-state index < -0.39 is 0 Å². The van der Waals surface area contributed by atoms with Gasteiger partial charge in [-0.2, -0.15) is 0 Å². The summed E-state index contributed by atoms with van der Waals surface area (Å²) in [6, 6.07) is 67.3. The summed E-state index contributed by atoms with van der Waals surface area (Å²) in [5.74, 6) is 3.56. The molecule has 16 rings (SSSR count). The number of ether oxygens (including phenoxy) is 2. The molecule has 1 heterocycles. The van der Waals surface area contributed by atoms with Crippen LogP contribution in [-0.2, 0) is 10.8 Å². The number of hydrogen-bond donors (Lipinski definition) is 0. The minimum Gasteiger partial charge on any atom is -0.449 e. The summed E-state index contributed by atoms with van der Waals surface area (Å²) in [5, 5.41) is 0. The highest BCUT2D eigenvalue weighted by Gasteiger charge is 2.58. The van der Waals surface area contributed by atoms with Crippen molar-refractivity contribution >= 4 is 33.8 Å². The molecule has 336 valence electrons. The van der Waals surface area contributed by atoms with E-state index in [0.29, 0.717) is 11.7 Å². The molecule has 7 aliphatic carbocycles. The Balaban J connectivity index is 0.763. The SMILES string of the molecule is C1=CC2c3ccccc3C3(C4=C(CCC=C4)c4cc5c(cc43)Oc3cc(N(c4ccccc4)c4ccc(C6=CC7=C(CC6)C6(c8ccccc87)c7ccccc7-c7ccccc76)cc4)ccc3O5)C2C=C1. The van der Waals surface area contributed by atoms with Gasteiger partial charge in [0.25, 0.3) is 0 Å². The predicted molar refractivity (Wildman–Crippen MR) is 287 cm³/mol. The number of anilines is 3. The molecule has 3 unspecified atom stereocenters. The average molecular weight is 910 g/mol. The topological polar surface area (TPSA) is 21.7 Å². The van der Waals surface area contributed by atoms with E-state index in [1.807, 2.05) is 0 Å². The molecule has 8 aromatic rings. The molecule has 3 heteroatoms. The van der Waals surface area contributed by atoms with Crippen LogP contribution >= 0.6 is 0 Å². The lowest BCUT2D eigenvalue weighted by Crippen LogP contribution is -2.34. The van der Waals surface area contributed by atoms with E-state index in [1.54, 1.807) is 0 Å². The van der Waals surface area contributed by atoms with E-state index >= 15 is 0 Å². The summed E-state index contributed by atoms with van der Waals surface area (Å²) in [4.78, 5) is 2.32. The van der Waals surface area contributed by atoms with Crippen molar-refractivity contribution in [2.24, 2.45) is 5.92 Å². The Bertz CT molecular complexity index is 3800. The Hall–Kier alpha value is -8.40. The fourth-order valence-electron chi connectivity index (χ4n) is 14.6. The number of para-hydroxylation sites is 1. The maximum Gasteiger partial charge on any atom is 0.172 e. The van der Waals surface area contributed by atoms with Crippen LogP contribution in [0.2, 0.25) is 0 Å². The minimum absolute atomic E-state index is 0.264. The van der Waals surface area contributed by atoms with E-state index in [2.05, 4.69) is 229 Å². The van der Waals surface area contributed by atoms with E-state index in [1.165, 1.54) is 89.1 Å². The number of nitrogens with zero attached hydrogens (tertiary/aromatic N) is 1. The predicted octanol–water partition coefficient (Wildman–Crippen LogP) is 17.3. The second kappa shape index (κ2) is 14.6. The van der Waals surface area contributed by atoms with Crippen LogP contribution in [0.1, 0.15) is 81.7 Å². The summed E-state index contributed by atoms with van der Waals surface area (Å²) in [7, 11) is 0. The highest BCUT2D eigenvalue weighted by Crippen LogP contribution is 2.68. The zero-order valence-corrected chi connectivity index (χ0v) is 39.1. The van der Waals surface area contributed by atoms with Crippen molar-refractivity contribution in [1.29, 1.82) is 0 Å². The van der Waals surface area contributed by atoms with Gasteiger partial charge in [-0.15, -0.1) is 0 Å². The molecule has 0 saturated carbocycles. The standard InChI is InChI=1S/C68H47NO2/c1-2-16-44(17-3-1)69(45-33-30-42(31-34-45)43-32-36-61-53(38-43)51-22-8-14-28-59(51)67(61)55-24-10-4-18-47(55)48-19-5-11-25-56(48)67)46-35-37-63-64(39-46)71-66-41-62-54(40-65(66)70-63)52-23-9-15-29-60(52)68(62)57-26-12-6-20-49(57)50-21-7-13-27-58(50)68/h1-8,10-22,24-31,33-35,37-41,49,57H,9,23,32,36H2. The van der Waals surface area contributed by atoms with Gasteiger partial charge in [0.05, 0.1) is 16.5 Å². The van der Waals surface area contributed by atoms with Crippen LogP contribution in [0.15, 0.2) is 236 Å². The lowest BCUT2D eigenvalue weighted by Gasteiger charge is -2.37. The monoisotopic (exact) mass is 909 g/mol. The maximum atomic E-state index is 7.04. The number of rotatable bonds is 4. The molecule has 0 fully saturated rings. The fourth-order valence-corrected chi connectivity index (χ4v) is 14.6. The van der Waals surface area contributed by atoms with Crippen LogP contribution in [0.5, 0.6) is 23.0 Å². The van der Waals surface area contributed by atoms with Gasteiger partial charge in [-0.05, 0) is 163 Å². The molecule has 3 atom stereocenters. The highest BCUT2D eigenvalue weighted by molar-refractivity contribution is 6.00. The molecule has 0 N–H and O–H groups in total. The highest BCUT2D eigenvalue weighted by atomic mass is 16.6. The Labute approximate surface area is 414 Å². The molecule has 0 amide bonds. The van der Waals surface area contributed by atoms with Gasteiger partial charge in [0.15, 0.2) is 23.0 Å². The largest absolute Gasteiger partial charge is 0.449 e. The first-order valence-corrected chi connectivity index (χ1v) is 25.4. The van der Waals surface area contributed by atoms with Gasteiger partial charge in [-0.3, -0.25) is 0 Å². The van der Waals surface area contributed by atoms with Crippen LogP contribution in [-0.4, -0.2) is 0 Å². The molecule has 8 aromatic carbocycles. The Morgan fingerprint density at radius 1 is 0.479 bits per heavy atom. The van der Waals surface area contributed by atoms with Crippen molar-refractivity contribution in [3.05, 3.63) is 286 Å². The van der Waals surface area contributed by atoms with Crippen molar-refractivity contribution in [2.75, 3.05) is 4.90 Å². The van der Waals surface area contributed by atoms with E-state index in [-0.39, 0.29) is 16.7 Å². The van der Waals surface area contributed by atoms with Crippen molar-refractivity contribution < 1.29 is 9.47 Å². The lowest BCUT2D eigenvalue weighted by molar-refractivity contribution is 0.357. The quantitative estimate of drug-likeness (QED) is 0.176. The molecular weight excluding hydrogens is 863 g/mol. The van der Waals surface area contributed by atoms with Gasteiger partial charge in [-0.25, -0.2) is 0 Å². The van der Waals surface area contributed by atoms with Gasteiger partial charge >= 0.3 is 0 Å². The number of benzene rings is 8. The van der Waals surface area contributed by atoms with Crippen LogP contribution < -0.4 is 14.4 Å². The Kier molecular flexibility index (Phi) is 8.10. The smallest absolute Gasteiger partial charge is 0.172 e. The fraction of sp³-hybridized carbons (Fsp3) is 0.118. The summed E-state index contributed by atoms with van der Waals surface area (Å²) in [5.41, 5.74) is 24.8. The normalized spacial score (nSPS) is 21.2. The summed E-state index contributed by atoms with van der Waals surface area (Å²) >= 11 is 0. The third-order valence-electron chi connectivity index (χ3n) is 17.3. The molecule has 0 bridgehead atoms.